The van der Waals surface area contributed by atoms with Crippen molar-refractivity contribution < 1.29 is 8.42 Å². The fraction of sp³-hybridized carbons (Fsp3) is 0.421. The highest BCUT2D eigenvalue weighted by atomic mass is 32.2. The predicted octanol–water partition coefficient (Wildman–Crippen LogP) is 2.77. The molecule has 1 aliphatic carbocycles. The zero-order valence-corrected chi connectivity index (χ0v) is 15.3. The lowest BCUT2D eigenvalue weighted by Gasteiger charge is -2.32. The molecule has 1 aliphatic rings. The van der Waals surface area contributed by atoms with Gasteiger partial charge >= 0.3 is 0 Å². The minimum atomic E-state index is -3.50. The number of aryl methyl sites for hydroxylation is 1. The van der Waals surface area contributed by atoms with Gasteiger partial charge in [0.25, 0.3) is 0 Å². The second-order valence-electron chi connectivity index (χ2n) is 6.63. The Hall–Kier alpha value is -1.76. The van der Waals surface area contributed by atoms with Crippen LogP contribution < -0.4 is 10.0 Å². The lowest BCUT2D eigenvalue weighted by atomic mass is 9.91. The van der Waals surface area contributed by atoms with Crippen LogP contribution in [-0.4, -0.2) is 25.5 Å². The second-order valence-corrected chi connectivity index (χ2v) is 8.35. The summed E-state index contributed by atoms with van der Waals surface area (Å²) in [6, 6.07) is 12.8. The van der Waals surface area contributed by atoms with Crippen molar-refractivity contribution in [2.24, 2.45) is 0 Å². The summed E-state index contributed by atoms with van der Waals surface area (Å²) in [5.74, 6) is 0. The Labute approximate surface area is 149 Å². The van der Waals surface area contributed by atoms with Gasteiger partial charge in [0.1, 0.15) is 0 Å². The number of pyridine rings is 1. The van der Waals surface area contributed by atoms with Crippen LogP contribution in [0.15, 0.2) is 53.6 Å². The van der Waals surface area contributed by atoms with Gasteiger partial charge in [0, 0.05) is 24.8 Å². The molecule has 0 saturated heterocycles. The van der Waals surface area contributed by atoms with Crippen LogP contribution in [0.2, 0.25) is 0 Å². The summed E-state index contributed by atoms with van der Waals surface area (Å²) in [7, 11) is -3.50. The van der Waals surface area contributed by atoms with E-state index in [0.717, 1.165) is 36.9 Å². The number of nitrogens with zero attached hydrogens (tertiary/aromatic N) is 1. The first kappa shape index (κ1) is 18.0. The van der Waals surface area contributed by atoms with Crippen LogP contribution in [0.4, 0.5) is 0 Å². The van der Waals surface area contributed by atoms with Crippen LogP contribution in [-0.2, 0) is 16.6 Å². The van der Waals surface area contributed by atoms with Gasteiger partial charge in [-0.2, -0.15) is 0 Å². The summed E-state index contributed by atoms with van der Waals surface area (Å²) < 4.78 is 28.3. The Balaban J connectivity index is 1.67. The van der Waals surface area contributed by atoms with Crippen LogP contribution in [0.1, 0.15) is 36.9 Å². The molecule has 0 spiro atoms. The SMILES string of the molecule is Cc1ccc(S(=O)(=O)N[C@@H]2CCCC[C@H]2NCc2ccccn2)cc1. The third kappa shape index (κ3) is 4.87. The number of aromatic nitrogens is 1. The van der Waals surface area contributed by atoms with E-state index < -0.39 is 10.0 Å². The summed E-state index contributed by atoms with van der Waals surface area (Å²) in [6.07, 6.45) is 5.75. The van der Waals surface area contributed by atoms with Gasteiger partial charge in [-0.25, -0.2) is 13.1 Å². The Bertz CT molecular complexity index is 776. The van der Waals surface area contributed by atoms with E-state index in [2.05, 4.69) is 15.0 Å². The maximum absolute atomic E-state index is 12.7. The Morgan fingerprint density at radius 2 is 1.76 bits per heavy atom. The van der Waals surface area contributed by atoms with E-state index in [1.54, 1.807) is 18.3 Å². The molecule has 0 unspecified atom stereocenters. The fourth-order valence-electron chi connectivity index (χ4n) is 3.24. The van der Waals surface area contributed by atoms with E-state index >= 15 is 0 Å². The molecule has 5 nitrogen and oxygen atoms in total. The third-order valence-corrected chi connectivity index (χ3v) is 6.18. The molecule has 1 aromatic carbocycles. The topological polar surface area (TPSA) is 71.1 Å². The fourth-order valence-corrected chi connectivity index (χ4v) is 4.55. The highest BCUT2D eigenvalue weighted by molar-refractivity contribution is 7.89. The van der Waals surface area contributed by atoms with Gasteiger partial charge in [-0.3, -0.25) is 4.98 Å². The number of rotatable bonds is 6. The van der Waals surface area contributed by atoms with Crippen LogP contribution in [0.25, 0.3) is 0 Å². The van der Waals surface area contributed by atoms with E-state index in [1.165, 1.54) is 0 Å². The number of benzene rings is 1. The molecule has 2 aromatic rings. The molecule has 0 bridgehead atoms. The van der Waals surface area contributed by atoms with E-state index in [9.17, 15) is 8.42 Å². The van der Waals surface area contributed by atoms with Crippen molar-refractivity contribution in [3.05, 3.63) is 59.9 Å². The average Bonchev–Trinajstić information content (AvgIpc) is 2.62. The van der Waals surface area contributed by atoms with Gasteiger partial charge in [-0.15, -0.1) is 0 Å². The molecule has 0 aliphatic heterocycles. The second kappa shape index (κ2) is 8.08. The highest BCUT2D eigenvalue weighted by Gasteiger charge is 2.29. The van der Waals surface area contributed by atoms with Crippen LogP contribution >= 0.6 is 0 Å². The lowest BCUT2D eigenvalue weighted by molar-refractivity contribution is 0.308. The van der Waals surface area contributed by atoms with E-state index in [0.29, 0.717) is 11.4 Å². The summed E-state index contributed by atoms with van der Waals surface area (Å²) in [6.45, 7) is 2.59. The first-order valence-electron chi connectivity index (χ1n) is 8.77. The maximum Gasteiger partial charge on any atom is 0.240 e. The lowest BCUT2D eigenvalue weighted by Crippen LogP contribution is -2.51. The minimum absolute atomic E-state index is 0.0937. The van der Waals surface area contributed by atoms with Crippen molar-refractivity contribution in [2.75, 3.05) is 0 Å². The first-order chi connectivity index (χ1) is 12.0. The van der Waals surface area contributed by atoms with Gasteiger partial charge in [0.2, 0.25) is 10.0 Å². The normalized spacial score (nSPS) is 21.2. The van der Waals surface area contributed by atoms with Gasteiger partial charge < -0.3 is 5.32 Å². The van der Waals surface area contributed by atoms with Crippen molar-refractivity contribution in [1.29, 1.82) is 0 Å². The molecular weight excluding hydrogens is 334 g/mol. The van der Waals surface area contributed by atoms with Gasteiger partial charge in [0.15, 0.2) is 0 Å². The van der Waals surface area contributed by atoms with Crippen LogP contribution in [0.5, 0.6) is 0 Å². The molecule has 3 rings (SSSR count). The van der Waals surface area contributed by atoms with Crippen LogP contribution in [0, 0.1) is 6.92 Å². The Morgan fingerprint density at radius 3 is 2.44 bits per heavy atom. The maximum atomic E-state index is 12.7. The highest BCUT2D eigenvalue weighted by Crippen LogP contribution is 2.21. The van der Waals surface area contributed by atoms with Crippen molar-refractivity contribution in [2.45, 2.75) is 56.1 Å². The van der Waals surface area contributed by atoms with Crippen molar-refractivity contribution in [3.63, 3.8) is 0 Å². The largest absolute Gasteiger partial charge is 0.307 e. The summed E-state index contributed by atoms with van der Waals surface area (Å²) in [5, 5.41) is 3.48. The molecule has 0 amide bonds. The number of sulfonamides is 1. The first-order valence-corrected chi connectivity index (χ1v) is 10.3. The van der Waals surface area contributed by atoms with Crippen molar-refractivity contribution >= 4 is 10.0 Å². The summed E-state index contributed by atoms with van der Waals surface area (Å²) >= 11 is 0. The van der Waals surface area contributed by atoms with Gasteiger partial charge in [0.05, 0.1) is 10.6 Å². The molecular formula is C19H25N3O2S. The van der Waals surface area contributed by atoms with E-state index in [4.69, 9.17) is 0 Å². The molecule has 1 aromatic heterocycles. The Kier molecular flexibility index (Phi) is 5.83. The molecule has 6 heteroatoms. The Morgan fingerprint density at radius 1 is 1.04 bits per heavy atom. The molecule has 25 heavy (non-hydrogen) atoms. The molecule has 1 fully saturated rings. The number of hydrogen-bond acceptors (Lipinski definition) is 4. The molecule has 1 saturated carbocycles. The molecule has 1 heterocycles. The van der Waals surface area contributed by atoms with Gasteiger partial charge in [-0.05, 0) is 44.0 Å². The number of hydrogen-bond donors (Lipinski definition) is 2. The molecule has 2 N–H and O–H groups in total. The summed E-state index contributed by atoms with van der Waals surface area (Å²) in [4.78, 5) is 4.64. The van der Waals surface area contributed by atoms with Gasteiger partial charge in [-0.1, -0.05) is 36.6 Å². The quantitative estimate of drug-likeness (QED) is 0.832. The van der Waals surface area contributed by atoms with Crippen LogP contribution in [0.3, 0.4) is 0 Å². The van der Waals surface area contributed by atoms with E-state index in [1.807, 2.05) is 37.3 Å². The molecule has 2 atom stereocenters. The smallest absolute Gasteiger partial charge is 0.240 e. The standard InChI is InChI=1S/C19H25N3O2S/c1-15-9-11-17(12-10-15)25(23,24)22-19-8-3-2-7-18(19)21-14-16-6-4-5-13-20-16/h4-6,9-13,18-19,21-22H,2-3,7-8,14H2,1H3/t18-,19-/m1/s1. The number of nitrogens with one attached hydrogen (secondary N) is 2. The average molecular weight is 359 g/mol. The van der Waals surface area contributed by atoms with Crippen molar-refractivity contribution in [1.82, 2.24) is 15.0 Å². The monoisotopic (exact) mass is 359 g/mol. The third-order valence-electron chi connectivity index (χ3n) is 4.68. The molecule has 0 radical (unpaired) electrons. The minimum Gasteiger partial charge on any atom is -0.307 e. The van der Waals surface area contributed by atoms with E-state index in [-0.39, 0.29) is 12.1 Å². The zero-order chi connectivity index (χ0) is 17.7. The zero-order valence-electron chi connectivity index (χ0n) is 14.5. The summed E-state index contributed by atoms with van der Waals surface area (Å²) in [5.41, 5.74) is 2.01. The molecule has 134 valence electrons. The predicted molar refractivity (Wildman–Crippen MR) is 98.6 cm³/mol. The van der Waals surface area contributed by atoms with Crippen molar-refractivity contribution in [3.8, 4) is 0 Å².